The number of likely N-dealkylation sites (N-methyl/N-ethyl adjacent to an activating group) is 1. The number of urea groups is 1. The molecule has 1 saturated carbocycles. The molecule has 0 radical (unpaired) electrons. The molecule has 130 valence electrons. The lowest BCUT2D eigenvalue weighted by Crippen LogP contribution is -2.47. The molecular formula is C17H29N3O3. The second kappa shape index (κ2) is 7.32. The predicted octanol–water partition coefficient (Wildman–Crippen LogP) is 2.28. The molecule has 6 nitrogen and oxygen atoms in total. The van der Waals surface area contributed by atoms with Crippen LogP contribution in [0.3, 0.4) is 0 Å². The Morgan fingerprint density at radius 3 is 2.22 bits per heavy atom. The van der Waals surface area contributed by atoms with Crippen molar-refractivity contribution in [3.8, 4) is 0 Å². The molecular weight excluding hydrogens is 294 g/mol. The van der Waals surface area contributed by atoms with Crippen LogP contribution in [0.2, 0.25) is 0 Å². The topological polar surface area (TPSA) is 69.7 Å². The van der Waals surface area contributed by atoms with Gasteiger partial charge in [-0.15, -0.1) is 0 Å². The maximum atomic E-state index is 12.6. The molecule has 1 N–H and O–H groups in total. The first-order valence-corrected chi connectivity index (χ1v) is 8.85. The van der Waals surface area contributed by atoms with Crippen molar-refractivity contribution in [2.45, 2.75) is 76.8 Å². The normalized spacial score (nSPS) is 22.0. The standard InChI is InChI=1S/C17H29N3O3/c1-4-17(5-2)15(22)20(16(23)18-17)12-14(21)19(3)13-10-8-6-7-9-11-13/h13H,4-12H2,1-3H3,(H,18,23). The summed E-state index contributed by atoms with van der Waals surface area (Å²) in [5.74, 6) is -0.418. The number of imide groups is 1. The van der Waals surface area contributed by atoms with Gasteiger partial charge in [-0.05, 0) is 25.7 Å². The first-order valence-electron chi connectivity index (χ1n) is 8.85. The fraction of sp³-hybridized carbons (Fsp3) is 0.824. The average molecular weight is 323 g/mol. The molecule has 0 atom stereocenters. The van der Waals surface area contributed by atoms with Crippen molar-refractivity contribution < 1.29 is 14.4 Å². The van der Waals surface area contributed by atoms with Crippen LogP contribution in [0.5, 0.6) is 0 Å². The van der Waals surface area contributed by atoms with Crippen LogP contribution in [0.1, 0.15) is 65.2 Å². The zero-order valence-electron chi connectivity index (χ0n) is 14.6. The molecule has 0 aromatic heterocycles. The van der Waals surface area contributed by atoms with E-state index in [9.17, 15) is 14.4 Å². The first-order chi connectivity index (χ1) is 10.9. The zero-order valence-corrected chi connectivity index (χ0v) is 14.6. The summed E-state index contributed by atoms with van der Waals surface area (Å²) in [5.41, 5.74) is -0.835. The Morgan fingerprint density at radius 1 is 1.17 bits per heavy atom. The zero-order chi connectivity index (χ0) is 17.0. The lowest BCUT2D eigenvalue weighted by molar-refractivity contribution is -0.139. The van der Waals surface area contributed by atoms with E-state index in [0.29, 0.717) is 12.8 Å². The smallest absolute Gasteiger partial charge is 0.325 e. The number of nitrogens with zero attached hydrogens (tertiary/aromatic N) is 2. The SMILES string of the molecule is CCC1(CC)NC(=O)N(CC(=O)N(C)C2CCCCCC2)C1=O. The van der Waals surface area contributed by atoms with Crippen LogP contribution in [0.4, 0.5) is 4.79 Å². The van der Waals surface area contributed by atoms with Gasteiger partial charge in [0, 0.05) is 13.1 Å². The number of rotatable bonds is 5. The van der Waals surface area contributed by atoms with E-state index in [-0.39, 0.29) is 24.4 Å². The second-order valence-electron chi connectivity index (χ2n) is 6.76. The molecule has 2 fully saturated rings. The number of nitrogens with one attached hydrogen (secondary N) is 1. The summed E-state index contributed by atoms with van der Waals surface area (Å²) in [6.07, 6.45) is 7.82. The summed E-state index contributed by atoms with van der Waals surface area (Å²) < 4.78 is 0. The Bertz CT molecular complexity index is 466. The highest BCUT2D eigenvalue weighted by Gasteiger charge is 2.49. The molecule has 6 heteroatoms. The number of carbonyl (C=O) groups excluding carboxylic acids is 3. The van der Waals surface area contributed by atoms with Gasteiger partial charge in [-0.25, -0.2) is 4.79 Å². The highest BCUT2D eigenvalue weighted by atomic mass is 16.2. The van der Waals surface area contributed by atoms with Gasteiger partial charge in [-0.2, -0.15) is 0 Å². The summed E-state index contributed by atoms with van der Waals surface area (Å²) in [5, 5.41) is 2.77. The minimum atomic E-state index is -0.835. The molecule has 2 rings (SSSR count). The summed E-state index contributed by atoms with van der Waals surface area (Å²) in [6, 6.07) is -0.214. The molecule has 23 heavy (non-hydrogen) atoms. The first kappa shape index (κ1) is 17.8. The third-order valence-electron chi connectivity index (χ3n) is 5.51. The lowest BCUT2D eigenvalue weighted by Gasteiger charge is -2.29. The monoisotopic (exact) mass is 323 g/mol. The van der Waals surface area contributed by atoms with E-state index in [1.54, 1.807) is 11.9 Å². The maximum absolute atomic E-state index is 12.6. The Labute approximate surface area is 138 Å². The van der Waals surface area contributed by atoms with E-state index in [4.69, 9.17) is 0 Å². The molecule has 0 bridgehead atoms. The summed E-state index contributed by atoms with van der Waals surface area (Å²) in [6.45, 7) is 3.61. The largest absolute Gasteiger partial charge is 0.341 e. The van der Waals surface area contributed by atoms with E-state index in [2.05, 4.69) is 5.32 Å². The highest BCUT2D eigenvalue weighted by molar-refractivity contribution is 6.08. The third kappa shape index (κ3) is 3.51. The fourth-order valence-electron chi connectivity index (χ4n) is 3.64. The minimum Gasteiger partial charge on any atom is -0.341 e. The molecule has 4 amide bonds. The van der Waals surface area contributed by atoms with Gasteiger partial charge in [0.05, 0.1) is 0 Å². The summed E-state index contributed by atoms with van der Waals surface area (Å²) in [4.78, 5) is 40.1. The predicted molar refractivity (Wildman–Crippen MR) is 87.8 cm³/mol. The summed E-state index contributed by atoms with van der Waals surface area (Å²) in [7, 11) is 1.80. The fourth-order valence-corrected chi connectivity index (χ4v) is 3.64. The van der Waals surface area contributed by atoms with Crippen molar-refractivity contribution in [2.24, 2.45) is 0 Å². The third-order valence-corrected chi connectivity index (χ3v) is 5.51. The molecule has 1 saturated heterocycles. The van der Waals surface area contributed by atoms with Crippen molar-refractivity contribution in [2.75, 3.05) is 13.6 Å². The number of hydrogen-bond donors (Lipinski definition) is 1. The molecule has 1 aliphatic heterocycles. The van der Waals surface area contributed by atoms with Gasteiger partial charge in [0.2, 0.25) is 5.91 Å². The van der Waals surface area contributed by atoms with Crippen molar-refractivity contribution in [3.63, 3.8) is 0 Å². The quantitative estimate of drug-likeness (QED) is 0.623. The number of hydrogen-bond acceptors (Lipinski definition) is 3. The van der Waals surface area contributed by atoms with Gasteiger partial charge in [0.25, 0.3) is 5.91 Å². The van der Waals surface area contributed by atoms with E-state index in [0.717, 1.165) is 30.6 Å². The van der Waals surface area contributed by atoms with Gasteiger partial charge in [-0.1, -0.05) is 39.5 Å². The lowest BCUT2D eigenvalue weighted by atomic mass is 9.93. The van der Waals surface area contributed by atoms with Crippen molar-refractivity contribution in [1.29, 1.82) is 0 Å². The van der Waals surface area contributed by atoms with Crippen LogP contribution in [-0.4, -0.2) is 52.8 Å². The minimum absolute atomic E-state index is 0.150. The molecule has 0 aromatic rings. The molecule has 0 spiro atoms. The second-order valence-corrected chi connectivity index (χ2v) is 6.76. The average Bonchev–Trinajstić information content (AvgIpc) is 2.76. The molecule has 1 aliphatic carbocycles. The highest BCUT2D eigenvalue weighted by Crippen LogP contribution is 2.25. The Morgan fingerprint density at radius 2 is 1.74 bits per heavy atom. The van der Waals surface area contributed by atoms with Gasteiger partial charge >= 0.3 is 6.03 Å². The van der Waals surface area contributed by atoms with E-state index in [1.807, 2.05) is 13.8 Å². The van der Waals surface area contributed by atoms with Crippen LogP contribution in [0.15, 0.2) is 0 Å². The van der Waals surface area contributed by atoms with Crippen LogP contribution >= 0.6 is 0 Å². The van der Waals surface area contributed by atoms with E-state index >= 15 is 0 Å². The maximum Gasteiger partial charge on any atom is 0.325 e. The molecule has 2 aliphatic rings. The van der Waals surface area contributed by atoms with Crippen molar-refractivity contribution >= 4 is 17.8 Å². The molecule has 0 aromatic carbocycles. The van der Waals surface area contributed by atoms with Crippen LogP contribution in [0.25, 0.3) is 0 Å². The van der Waals surface area contributed by atoms with Crippen LogP contribution in [0, 0.1) is 0 Å². The number of carbonyl (C=O) groups is 3. The van der Waals surface area contributed by atoms with Crippen molar-refractivity contribution in [3.05, 3.63) is 0 Å². The van der Waals surface area contributed by atoms with Crippen LogP contribution < -0.4 is 5.32 Å². The Balaban J connectivity index is 2.01. The van der Waals surface area contributed by atoms with E-state index < -0.39 is 11.6 Å². The van der Waals surface area contributed by atoms with Crippen molar-refractivity contribution in [1.82, 2.24) is 15.1 Å². The van der Waals surface area contributed by atoms with Gasteiger partial charge in [-0.3, -0.25) is 14.5 Å². The Kier molecular flexibility index (Phi) is 5.65. The van der Waals surface area contributed by atoms with Gasteiger partial charge in [0.1, 0.15) is 12.1 Å². The van der Waals surface area contributed by atoms with Gasteiger partial charge < -0.3 is 10.2 Å². The van der Waals surface area contributed by atoms with E-state index in [1.165, 1.54) is 12.8 Å². The molecule has 1 heterocycles. The Hall–Kier alpha value is -1.59. The number of amides is 4. The van der Waals surface area contributed by atoms with Crippen LogP contribution in [-0.2, 0) is 9.59 Å². The van der Waals surface area contributed by atoms with Gasteiger partial charge in [0.15, 0.2) is 0 Å². The molecule has 0 unspecified atom stereocenters. The summed E-state index contributed by atoms with van der Waals surface area (Å²) >= 11 is 0.